The summed E-state index contributed by atoms with van der Waals surface area (Å²) in [5.74, 6) is -2.07. The number of hydrogen-bond donors (Lipinski definition) is 1. The third-order valence-corrected chi connectivity index (χ3v) is 4.58. The van der Waals surface area contributed by atoms with E-state index in [1.807, 2.05) is 0 Å². The lowest BCUT2D eigenvalue weighted by atomic mass is 9.99. The molecule has 0 spiro atoms. The predicted octanol–water partition coefficient (Wildman–Crippen LogP) is 2.83. The van der Waals surface area contributed by atoms with Gasteiger partial charge < -0.3 is 10.0 Å². The van der Waals surface area contributed by atoms with Crippen LogP contribution in [0, 0.1) is 11.8 Å². The zero-order valence-corrected chi connectivity index (χ0v) is 12.7. The van der Waals surface area contributed by atoms with Gasteiger partial charge >= 0.3 is 5.97 Å². The van der Waals surface area contributed by atoms with Crippen LogP contribution in [0.5, 0.6) is 0 Å². The molecular formula is C12H11Cl3N2O3. The predicted molar refractivity (Wildman–Crippen MR) is 75.5 cm³/mol. The Morgan fingerprint density at radius 3 is 2.50 bits per heavy atom. The Balaban J connectivity index is 2.26. The van der Waals surface area contributed by atoms with E-state index in [4.69, 9.17) is 39.9 Å². The van der Waals surface area contributed by atoms with Crippen molar-refractivity contribution in [2.75, 3.05) is 13.1 Å². The van der Waals surface area contributed by atoms with Gasteiger partial charge in [-0.25, -0.2) is 4.98 Å². The summed E-state index contributed by atoms with van der Waals surface area (Å²) in [5.41, 5.74) is -0.0145. The standard InChI is InChI=1S/C12H11Cl3N2O3/c1-5-3-17(4-6(5)12(19)20)11(18)10-9(15)8(14)7(13)2-16-10/h2,5-6H,3-4H2,1H3,(H,19,20). The summed E-state index contributed by atoms with van der Waals surface area (Å²) in [6.07, 6.45) is 1.25. The molecule has 1 amide bonds. The number of halogens is 3. The van der Waals surface area contributed by atoms with Crippen LogP contribution in [-0.4, -0.2) is 40.0 Å². The van der Waals surface area contributed by atoms with Crippen molar-refractivity contribution in [2.45, 2.75) is 6.92 Å². The highest BCUT2D eigenvalue weighted by Crippen LogP contribution is 2.33. The highest BCUT2D eigenvalue weighted by Gasteiger charge is 2.38. The van der Waals surface area contributed by atoms with Crippen molar-refractivity contribution in [3.8, 4) is 0 Å². The third-order valence-electron chi connectivity index (χ3n) is 3.34. The summed E-state index contributed by atoms with van der Waals surface area (Å²) in [6, 6.07) is 0. The third kappa shape index (κ3) is 2.71. The molecule has 2 atom stereocenters. The van der Waals surface area contributed by atoms with Crippen molar-refractivity contribution in [3.63, 3.8) is 0 Å². The molecule has 2 heterocycles. The molecule has 0 radical (unpaired) electrons. The minimum Gasteiger partial charge on any atom is -0.481 e. The van der Waals surface area contributed by atoms with Gasteiger partial charge in [-0.05, 0) is 5.92 Å². The molecule has 1 aromatic rings. The number of carbonyl (C=O) groups is 2. The molecule has 2 unspecified atom stereocenters. The van der Waals surface area contributed by atoms with Crippen LogP contribution in [0.2, 0.25) is 15.1 Å². The fraction of sp³-hybridized carbons (Fsp3) is 0.417. The minimum absolute atomic E-state index is 0.0145. The lowest BCUT2D eigenvalue weighted by Gasteiger charge is -2.16. The first kappa shape index (κ1) is 15.4. The molecule has 1 saturated heterocycles. The van der Waals surface area contributed by atoms with Crippen LogP contribution in [-0.2, 0) is 4.79 Å². The van der Waals surface area contributed by atoms with Gasteiger partial charge in [-0.2, -0.15) is 0 Å². The maximum atomic E-state index is 12.3. The van der Waals surface area contributed by atoms with Gasteiger partial charge in [0.1, 0.15) is 5.69 Å². The van der Waals surface area contributed by atoms with Crippen LogP contribution < -0.4 is 0 Å². The maximum Gasteiger partial charge on any atom is 0.308 e. The van der Waals surface area contributed by atoms with Gasteiger partial charge in [0.15, 0.2) is 0 Å². The number of likely N-dealkylation sites (tertiary alicyclic amines) is 1. The number of aromatic nitrogens is 1. The van der Waals surface area contributed by atoms with E-state index in [-0.39, 0.29) is 33.2 Å². The molecule has 5 nitrogen and oxygen atoms in total. The molecule has 8 heteroatoms. The Morgan fingerprint density at radius 1 is 1.30 bits per heavy atom. The number of carboxylic acids is 1. The Hall–Kier alpha value is -1.04. The monoisotopic (exact) mass is 336 g/mol. The summed E-state index contributed by atoms with van der Waals surface area (Å²) in [4.78, 5) is 28.7. The van der Waals surface area contributed by atoms with Gasteiger partial charge in [-0.1, -0.05) is 41.7 Å². The van der Waals surface area contributed by atoms with Crippen molar-refractivity contribution in [1.82, 2.24) is 9.88 Å². The van der Waals surface area contributed by atoms with Gasteiger partial charge in [0.05, 0.1) is 21.0 Å². The molecule has 0 aliphatic carbocycles. The van der Waals surface area contributed by atoms with E-state index in [9.17, 15) is 9.59 Å². The molecule has 20 heavy (non-hydrogen) atoms. The molecule has 0 aromatic carbocycles. The number of amides is 1. The zero-order valence-electron chi connectivity index (χ0n) is 10.4. The second-order valence-corrected chi connectivity index (χ2v) is 5.88. The van der Waals surface area contributed by atoms with Crippen molar-refractivity contribution in [1.29, 1.82) is 0 Å². The van der Waals surface area contributed by atoms with Gasteiger partial charge in [-0.15, -0.1) is 0 Å². The number of pyridine rings is 1. The normalized spacial score (nSPS) is 22.1. The molecule has 108 valence electrons. The fourth-order valence-electron chi connectivity index (χ4n) is 2.20. The van der Waals surface area contributed by atoms with Crippen molar-refractivity contribution < 1.29 is 14.7 Å². The van der Waals surface area contributed by atoms with E-state index in [1.54, 1.807) is 6.92 Å². The van der Waals surface area contributed by atoms with E-state index in [2.05, 4.69) is 4.98 Å². The number of nitrogens with zero attached hydrogens (tertiary/aromatic N) is 2. The molecule has 0 bridgehead atoms. The van der Waals surface area contributed by atoms with Crippen molar-refractivity contribution in [3.05, 3.63) is 27.0 Å². The Kier molecular flexibility index (Phi) is 4.42. The number of carbonyl (C=O) groups excluding carboxylic acids is 1. The largest absolute Gasteiger partial charge is 0.481 e. The van der Waals surface area contributed by atoms with Crippen molar-refractivity contribution in [2.24, 2.45) is 11.8 Å². The average molecular weight is 338 g/mol. The minimum atomic E-state index is -0.916. The summed E-state index contributed by atoms with van der Waals surface area (Å²) in [7, 11) is 0. The van der Waals surface area contributed by atoms with Gasteiger partial charge in [0, 0.05) is 19.3 Å². The molecule has 1 aliphatic heterocycles. The van der Waals surface area contributed by atoms with E-state index >= 15 is 0 Å². The number of aliphatic carboxylic acids is 1. The Bertz CT molecular complexity index is 579. The van der Waals surface area contributed by atoms with Crippen LogP contribution in [0.15, 0.2) is 6.20 Å². The second kappa shape index (κ2) is 5.76. The van der Waals surface area contributed by atoms with Crippen LogP contribution in [0.4, 0.5) is 0 Å². The quantitative estimate of drug-likeness (QED) is 0.901. The van der Waals surface area contributed by atoms with Gasteiger partial charge in [0.25, 0.3) is 5.91 Å². The summed E-state index contributed by atoms with van der Waals surface area (Å²) < 4.78 is 0. The first-order valence-electron chi connectivity index (χ1n) is 5.84. The number of hydrogen-bond acceptors (Lipinski definition) is 3. The smallest absolute Gasteiger partial charge is 0.308 e. The summed E-state index contributed by atoms with van der Waals surface area (Å²) >= 11 is 17.6. The second-order valence-electron chi connectivity index (χ2n) is 4.71. The lowest BCUT2D eigenvalue weighted by molar-refractivity contribution is -0.142. The van der Waals surface area contributed by atoms with Crippen LogP contribution in [0.1, 0.15) is 17.4 Å². The Morgan fingerprint density at radius 2 is 1.95 bits per heavy atom. The highest BCUT2D eigenvalue weighted by molar-refractivity contribution is 6.48. The average Bonchev–Trinajstić information content (AvgIpc) is 2.78. The molecule has 1 N–H and O–H groups in total. The highest BCUT2D eigenvalue weighted by atomic mass is 35.5. The summed E-state index contributed by atoms with van der Waals surface area (Å²) in [6.45, 7) is 2.26. The maximum absolute atomic E-state index is 12.3. The fourth-order valence-corrected chi connectivity index (χ4v) is 2.76. The zero-order chi connectivity index (χ0) is 15.0. The van der Waals surface area contributed by atoms with Gasteiger partial charge in [-0.3, -0.25) is 9.59 Å². The SMILES string of the molecule is CC1CN(C(=O)c2ncc(Cl)c(Cl)c2Cl)CC1C(=O)O. The molecule has 2 rings (SSSR count). The summed E-state index contributed by atoms with van der Waals surface area (Å²) in [5, 5.41) is 9.28. The van der Waals surface area contributed by atoms with Crippen LogP contribution >= 0.6 is 34.8 Å². The van der Waals surface area contributed by atoms with Crippen molar-refractivity contribution >= 4 is 46.7 Å². The molecule has 1 aromatic heterocycles. The number of carboxylic acid groups (broad SMARTS) is 1. The molecular weight excluding hydrogens is 327 g/mol. The molecule has 1 aliphatic rings. The number of rotatable bonds is 2. The van der Waals surface area contributed by atoms with E-state index in [0.717, 1.165) is 0 Å². The van der Waals surface area contributed by atoms with E-state index < -0.39 is 17.8 Å². The first-order chi connectivity index (χ1) is 9.32. The Labute approximate surface area is 130 Å². The van der Waals surface area contributed by atoms with Crippen LogP contribution in [0.3, 0.4) is 0 Å². The van der Waals surface area contributed by atoms with E-state index in [0.29, 0.717) is 6.54 Å². The lowest BCUT2D eigenvalue weighted by Crippen LogP contribution is -2.30. The van der Waals surface area contributed by atoms with Gasteiger partial charge in [0.2, 0.25) is 0 Å². The first-order valence-corrected chi connectivity index (χ1v) is 6.98. The van der Waals surface area contributed by atoms with Crippen LogP contribution in [0.25, 0.3) is 0 Å². The molecule has 1 fully saturated rings. The topological polar surface area (TPSA) is 70.5 Å². The van der Waals surface area contributed by atoms with E-state index in [1.165, 1.54) is 11.1 Å². The molecule has 0 saturated carbocycles.